The van der Waals surface area contributed by atoms with Crippen LogP contribution in [0.15, 0.2) is 36.4 Å². The van der Waals surface area contributed by atoms with Gasteiger partial charge in [-0.25, -0.2) is 0 Å². The summed E-state index contributed by atoms with van der Waals surface area (Å²) in [4.78, 5) is 2.31. The van der Waals surface area contributed by atoms with Crippen LogP contribution in [0.5, 0.6) is 0 Å². The average molecular weight is 361 g/mol. The third-order valence-corrected chi connectivity index (χ3v) is 5.30. The molecule has 0 amide bonds. The van der Waals surface area contributed by atoms with Crippen molar-refractivity contribution < 1.29 is 4.74 Å². The minimum atomic E-state index is 0.190. The lowest BCUT2D eigenvalue weighted by molar-refractivity contribution is -0.00540. The van der Waals surface area contributed by atoms with Gasteiger partial charge >= 0.3 is 0 Å². The molecule has 0 saturated carbocycles. The third kappa shape index (κ3) is 3.30. The molecule has 0 spiro atoms. The fourth-order valence-electron chi connectivity index (χ4n) is 4.41. The van der Waals surface area contributed by atoms with Gasteiger partial charge in [0.05, 0.1) is 12.2 Å². The van der Waals surface area contributed by atoms with Gasteiger partial charge < -0.3 is 9.64 Å². The zero-order valence-corrected chi connectivity index (χ0v) is 16.8. The standard InChI is InChI=1S/C23H27N3O/c1-14-10-15(2)21(16(3)11-14)22-19-8-6-7-9-20(19)23(25-24-22)26-12-17(4)27-18(5)13-26/h6-11,17-18H,12-13H2,1-5H3. The van der Waals surface area contributed by atoms with E-state index in [1.807, 2.05) is 0 Å². The van der Waals surface area contributed by atoms with Gasteiger partial charge in [-0.2, -0.15) is 0 Å². The van der Waals surface area contributed by atoms with Crippen molar-refractivity contribution >= 4 is 16.6 Å². The van der Waals surface area contributed by atoms with E-state index in [1.54, 1.807) is 0 Å². The van der Waals surface area contributed by atoms with E-state index in [0.29, 0.717) is 0 Å². The van der Waals surface area contributed by atoms with Gasteiger partial charge in [0, 0.05) is 29.4 Å². The molecule has 1 aromatic heterocycles. The van der Waals surface area contributed by atoms with Gasteiger partial charge in [0.15, 0.2) is 5.82 Å². The van der Waals surface area contributed by atoms with Crippen LogP contribution in [-0.2, 0) is 4.74 Å². The fraction of sp³-hybridized carbons (Fsp3) is 0.391. The Morgan fingerprint density at radius 1 is 0.889 bits per heavy atom. The van der Waals surface area contributed by atoms with E-state index in [9.17, 15) is 0 Å². The number of morpholine rings is 1. The monoisotopic (exact) mass is 361 g/mol. The first-order valence-electron chi connectivity index (χ1n) is 9.68. The largest absolute Gasteiger partial charge is 0.372 e. The highest BCUT2D eigenvalue weighted by molar-refractivity contribution is 6.01. The van der Waals surface area contributed by atoms with Crippen LogP contribution >= 0.6 is 0 Å². The zero-order chi connectivity index (χ0) is 19.1. The van der Waals surface area contributed by atoms with E-state index in [1.165, 1.54) is 22.3 Å². The summed E-state index contributed by atoms with van der Waals surface area (Å²) in [6, 6.07) is 12.9. The van der Waals surface area contributed by atoms with Gasteiger partial charge in [-0.3, -0.25) is 0 Å². The summed E-state index contributed by atoms with van der Waals surface area (Å²) in [6.45, 7) is 12.4. The highest BCUT2D eigenvalue weighted by Crippen LogP contribution is 2.35. The van der Waals surface area contributed by atoms with Crippen molar-refractivity contribution in [2.24, 2.45) is 0 Å². The molecule has 2 aromatic carbocycles. The first-order valence-corrected chi connectivity index (χ1v) is 9.68. The van der Waals surface area contributed by atoms with E-state index >= 15 is 0 Å². The predicted molar refractivity (Wildman–Crippen MR) is 111 cm³/mol. The van der Waals surface area contributed by atoms with Gasteiger partial charge in [-0.05, 0) is 45.7 Å². The van der Waals surface area contributed by atoms with Gasteiger partial charge in [0.1, 0.15) is 5.69 Å². The van der Waals surface area contributed by atoms with Crippen molar-refractivity contribution in [3.63, 3.8) is 0 Å². The fourth-order valence-corrected chi connectivity index (χ4v) is 4.41. The minimum absolute atomic E-state index is 0.190. The van der Waals surface area contributed by atoms with Crippen LogP contribution in [0.1, 0.15) is 30.5 Å². The molecule has 140 valence electrons. The topological polar surface area (TPSA) is 38.2 Å². The van der Waals surface area contributed by atoms with Crippen LogP contribution in [0.4, 0.5) is 5.82 Å². The molecular weight excluding hydrogens is 334 g/mol. The van der Waals surface area contributed by atoms with Crippen LogP contribution in [0.2, 0.25) is 0 Å². The molecule has 27 heavy (non-hydrogen) atoms. The molecule has 0 bridgehead atoms. The summed E-state index contributed by atoms with van der Waals surface area (Å²) in [5.74, 6) is 0.957. The summed E-state index contributed by atoms with van der Waals surface area (Å²) in [6.07, 6.45) is 0.381. The van der Waals surface area contributed by atoms with E-state index in [2.05, 4.69) is 75.9 Å². The van der Waals surface area contributed by atoms with Crippen molar-refractivity contribution in [2.75, 3.05) is 18.0 Å². The van der Waals surface area contributed by atoms with Crippen LogP contribution in [0, 0.1) is 20.8 Å². The zero-order valence-electron chi connectivity index (χ0n) is 16.8. The maximum Gasteiger partial charge on any atom is 0.159 e. The van der Waals surface area contributed by atoms with E-state index < -0.39 is 0 Å². The number of ether oxygens (including phenoxy) is 1. The quantitative estimate of drug-likeness (QED) is 0.655. The number of hydrogen-bond donors (Lipinski definition) is 0. The van der Waals surface area contributed by atoms with Crippen molar-refractivity contribution in [2.45, 2.75) is 46.8 Å². The second kappa shape index (κ2) is 6.93. The Morgan fingerprint density at radius 3 is 2.11 bits per heavy atom. The molecule has 1 saturated heterocycles. The summed E-state index contributed by atoms with van der Waals surface area (Å²) in [7, 11) is 0. The Labute approximate surface area is 161 Å². The molecule has 3 aromatic rings. The number of benzene rings is 2. The number of fused-ring (bicyclic) bond motifs is 1. The van der Waals surface area contributed by atoms with Gasteiger partial charge in [-0.15, -0.1) is 10.2 Å². The van der Waals surface area contributed by atoms with Crippen molar-refractivity contribution in [3.05, 3.63) is 53.1 Å². The Morgan fingerprint density at radius 2 is 1.48 bits per heavy atom. The lowest BCUT2D eigenvalue weighted by Gasteiger charge is -2.36. The molecule has 2 heterocycles. The predicted octanol–water partition coefficient (Wildman–Crippen LogP) is 4.84. The SMILES string of the molecule is Cc1cc(C)c(-c2nnc(N3CC(C)OC(C)C3)c3ccccc23)c(C)c1. The van der Waals surface area contributed by atoms with Crippen molar-refractivity contribution in [1.29, 1.82) is 0 Å². The summed E-state index contributed by atoms with van der Waals surface area (Å²) >= 11 is 0. The molecule has 4 heteroatoms. The number of hydrogen-bond acceptors (Lipinski definition) is 4. The molecule has 2 unspecified atom stereocenters. The summed E-state index contributed by atoms with van der Waals surface area (Å²) in [5, 5.41) is 11.7. The average Bonchev–Trinajstić information content (AvgIpc) is 2.60. The Balaban J connectivity index is 1.90. The molecule has 1 aliphatic rings. The minimum Gasteiger partial charge on any atom is -0.372 e. The Bertz CT molecular complexity index is 965. The van der Waals surface area contributed by atoms with Crippen molar-refractivity contribution in [1.82, 2.24) is 10.2 Å². The van der Waals surface area contributed by atoms with Gasteiger partial charge in [-0.1, -0.05) is 42.0 Å². The molecular formula is C23H27N3O. The maximum absolute atomic E-state index is 5.90. The number of nitrogens with zero attached hydrogens (tertiary/aromatic N) is 3. The van der Waals surface area contributed by atoms with Crippen LogP contribution in [-0.4, -0.2) is 35.5 Å². The highest BCUT2D eigenvalue weighted by atomic mass is 16.5. The molecule has 2 atom stereocenters. The van der Waals surface area contributed by atoms with Crippen LogP contribution < -0.4 is 4.90 Å². The Hall–Kier alpha value is -2.46. The Kier molecular flexibility index (Phi) is 4.60. The number of rotatable bonds is 2. The lowest BCUT2D eigenvalue weighted by atomic mass is 9.94. The van der Waals surface area contributed by atoms with Gasteiger partial charge in [0.2, 0.25) is 0 Å². The first-order chi connectivity index (χ1) is 12.9. The van der Waals surface area contributed by atoms with E-state index in [0.717, 1.165) is 35.4 Å². The number of anilines is 1. The molecule has 4 rings (SSSR count). The first kappa shape index (κ1) is 17.9. The molecule has 1 fully saturated rings. The highest BCUT2D eigenvalue weighted by Gasteiger charge is 2.25. The van der Waals surface area contributed by atoms with Crippen LogP contribution in [0.25, 0.3) is 22.0 Å². The van der Waals surface area contributed by atoms with Crippen molar-refractivity contribution in [3.8, 4) is 11.3 Å². The van der Waals surface area contributed by atoms with E-state index in [-0.39, 0.29) is 12.2 Å². The molecule has 0 aliphatic carbocycles. The second-order valence-electron chi connectivity index (χ2n) is 7.85. The number of aromatic nitrogens is 2. The molecule has 0 radical (unpaired) electrons. The summed E-state index contributed by atoms with van der Waals surface area (Å²) in [5.41, 5.74) is 5.93. The van der Waals surface area contributed by atoms with E-state index in [4.69, 9.17) is 14.9 Å². The number of aryl methyl sites for hydroxylation is 3. The van der Waals surface area contributed by atoms with Crippen LogP contribution in [0.3, 0.4) is 0 Å². The molecule has 0 N–H and O–H groups in total. The normalized spacial score (nSPS) is 20.3. The smallest absolute Gasteiger partial charge is 0.159 e. The molecule has 4 nitrogen and oxygen atoms in total. The summed E-state index contributed by atoms with van der Waals surface area (Å²) < 4.78 is 5.90. The van der Waals surface area contributed by atoms with Gasteiger partial charge in [0.25, 0.3) is 0 Å². The second-order valence-corrected chi connectivity index (χ2v) is 7.85. The third-order valence-electron chi connectivity index (χ3n) is 5.30. The molecule has 1 aliphatic heterocycles. The maximum atomic E-state index is 5.90. The lowest BCUT2D eigenvalue weighted by Crippen LogP contribution is -2.46.